The van der Waals surface area contributed by atoms with Gasteiger partial charge in [-0.2, -0.15) is 4.31 Å². The lowest BCUT2D eigenvalue weighted by Gasteiger charge is -2.25. The standard InChI is InChI=1S/C15H23FN2O2S/c1-17-12-13-7-8-14(16)11-15(13)21(19,20)18-9-5-3-2-4-6-10-18/h7-8,11,17H,2-6,9-10,12H2,1H3. The smallest absolute Gasteiger partial charge is 0.243 e. The zero-order valence-corrected chi connectivity index (χ0v) is 13.3. The number of nitrogens with one attached hydrogen (secondary N) is 1. The summed E-state index contributed by atoms with van der Waals surface area (Å²) in [5.41, 5.74) is 0.612. The molecule has 1 fully saturated rings. The number of hydrogen-bond acceptors (Lipinski definition) is 3. The Morgan fingerprint density at radius 1 is 1.14 bits per heavy atom. The fourth-order valence-corrected chi connectivity index (χ4v) is 4.45. The van der Waals surface area contributed by atoms with Gasteiger partial charge in [-0.25, -0.2) is 12.8 Å². The third-order valence-corrected chi connectivity index (χ3v) is 5.81. The van der Waals surface area contributed by atoms with Gasteiger partial charge in [-0.15, -0.1) is 0 Å². The first kappa shape index (κ1) is 16.4. The molecule has 0 spiro atoms. The molecule has 1 heterocycles. The molecule has 1 aliphatic heterocycles. The second-order valence-corrected chi connectivity index (χ2v) is 7.36. The summed E-state index contributed by atoms with van der Waals surface area (Å²) in [5, 5.41) is 2.94. The molecule has 1 saturated heterocycles. The Morgan fingerprint density at radius 3 is 2.38 bits per heavy atom. The fourth-order valence-electron chi connectivity index (χ4n) is 2.70. The molecule has 2 rings (SSSR count). The van der Waals surface area contributed by atoms with Crippen molar-refractivity contribution >= 4 is 10.0 Å². The maximum absolute atomic E-state index is 13.5. The summed E-state index contributed by atoms with van der Waals surface area (Å²) in [7, 11) is -1.88. The molecule has 4 nitrogen and oxygen atoms in total. The third-order valence-electron chi connectivity index (χ3n) is 3.83. The molecule has 0 aromatic heterocycles. The Hall–Kier alpha value is -0.980. The Morgan fingerprint density at radius 2 is 1.76 bits per heavy atom. The predicted octanol–water partition coefficient (Wildman–Crippen LogP) is 2.50. The van der Waals surface area contributed by atoms with Gasteiger partial charge in [0.2, 0.25) is 10.0 Å². The number of benzene rings is 1. The van der Waals surface area contributed by atoms with Gasteiger partial charge in [0.05, 0.1) is 4.90 Å². The molecule has 0 radical (unpaired) electrons. The van der Waals surface area contributed by atoms with Crippen LogP contribution >= 0.6 is 0 Å². The Labute approximate surface area is 126 Å². The van der Waals surface area contributed by atoms with Gasteiger partial charge in [-0.05, 0) is 37.6 Å². The highest BCUT2D eigenvalue weighted by atomic mass is 32.2. The highest BCUT2D eigenvalue weighted by Gasteiger charge is 2.27. The van der Waals surface area contributed by atoms with E-state index in [-0.39, 0.29) is 4.90 Å². The monoisotopic (exact) mass is 314 g/mol. The molecule has 1 N–H and O–H groups in total. The molecule has 1 aromatic carbocycles. The van der Waals surface area contributed by atoms with Crippen LogP contribution in [0.4, 0.5) is 4.39 Å². The van der Waals surface area contributed by atoms with Crippen molar-refractivity contribution in [1.82, 2.24) is 9.62 Å². The highest BCUT2D eigenvalue weighted by molar-refractivity contribution is 7.89. The van der Waals surface area contributed by atoms with E-state index in [4.69, 9.17) is 0 Å². The average molecular weight is 314 g/mol. The van der Waals surface area contributed by atoms with Gasteiger partial charge in [-0.1, -0.05) is 25.3 Å². The summed E-state index contributed by atoms with van der Waals surface area (Å²) >= 11 is 0. The lowest BCUT2D eigenvalue weighted by Crippen LogP contribution is -2.34. The van der Waals surface area contributed by atoms with E-state index < -0.39 is 15.8 Å². The van der Waals surface area contributed by atoms with Gasteiger partial charge in [0.15, 0.2) is 0 Å². The Balaban J connectivity index is 2.34. The van der Waals surface area contributed by atoms with E-state index in [1.54, 1.807) is 13.1 Å². The van der Waals surface area contributed by atoms with Crippen molar-refractivity contribution in [1.29, 1.82) is 0 Å². The van der Waals surface area contributed by atoms with Gasteiger partial charge in [0, 0.05) is 19.6 Å². The first-order chi connectivity index (χ1) is 10.1. The van der Waals surface area contributed by atoms with Crippen molar-refractivity contribution in [3.8, 4) is 0 Å². The van der Waals surface area contributed by atoms with Crippen LogP contribution in [0.15, 0.2) is 23.1 Å². The molecule has 0 amide bonds. The summed E-state index contributed by atoms with van der Waals surface area (Å²) in [6, 6.07) is 3.99. The van der Waals surface area contributed by atoms with Crippen LogP contribution in [-0.4, -0.2) is 32.9 Å². The second-order valence-electron chi connectivity index (χ2n) is 5.45. The second kappa shape index (κ2) is 7.33. The van der Waals surface area contributed by atoms with Crippen LogP contribution in [0.25, 0.3) is 0 Å². The molecular formula is C15H23FN2O2S. The number of hydrogen-bond donors (Lipinski definition) is 1. The van der Waals surface area contributed by atoms with E-state index in [1.165, 1.54) is 16.8 Å². The topological polar surface area (TPSA) is 49.4 Å². The van der Waals surface area contributed by atoms with E-state index in [1.807, 2.05) is 0 Å². The van der Waals surface area contributed by atoms with Gasteiger partial charge >= 0.3 is 0 Å². The SMILES string of the molecule is CNCc1ccc(F)cc1S(=O)(=O)N1CCCCCCC1. The van der Waals surface area contributed by atoms with Crippen molar-refractivity contribution < 1.29 is 12.8 Å². The van der Waals surface area contributed by atoms with Crippen LogP contribution in [0.2, 0.25) is 0 Å². The zero-order valence-electron chi connectivity index (χ0n) is 12.4. The number of sulfonamides is 1. The molecule has 118 valence electrons. The number of rotatable bonds is 4. The summed E-state index contributed by atoms with van der Waals surface area (Å²) in [5.74, 6) is -0.513. The normalized spacial score (nSPS) is 18.2. The molecule has 0 bridgehead atoms. The maximum atomic E-state index is 13.5. The first-order valence-corrected chi connectivity index (χ1v) is 8.93. The Kier molecular flexibility index (Phi) is 5.72. The minimum Gasteiger partial charge on any atom is -0.316 e. The van der Waals surface area contributed by atoms with Crippen LogP contribution in [0.1, 0.15) is 37.7 Å². The van der Waals surface area contributed by atoms with Crippen LogP contribution in [0.5, 0.6) is 0 Å². The van der Waals surface area contributed by atoms with Crippen molar-refractivity contribution in [2.24, 2.45) is 0 Å². The molecule has 0 unspecified atom stereocenters. The number of nitrogens with zero attached hydrogens (tertiary/aromatic N) is 1. The van der Waals surface area contributed by atoms with Gasteiger partial charge in [0.1, 0.15) is 5.82 Å². The number of halogens is 1. The molecule has 0 aliphatic carbocycles. The lowest BCUT2D eigenvalue weighted by molar-refractivity contribution is 0.363. The van der Waals surface area contributed by atoms with E-state index >= 15 is 0 Å². The minimum absolute atomic E-state index is 0.0948. The third kappa shape index (κ3) is 4.02. The molecule has 6 heteroatoms. The molecular weight excluding hydrogens is 291 g/mol. The van der Waals surface area contributed by atoms with E-state index in [9.17, 15) is 12.8 Å². The molecule has 21 heavy (non-hydrogen) atoms. The summed E-state index contributed by atoms with van der Waals surface area (Å²) < 4.78 is 40.7. The summed E-state index contributed by atoms with van der Waals surface area (Å²) in [4.78, 5) is 0.0948. The molecule has 0 saturated carbocycles. The van der Waals surface area contributed by atoms with Crippen LogP contribution in [-0.2, 0) is 16.6 Å². The lowest BCUT2D eigenvalue weighted by atomic mass is 10.1. The van der Waals surface area contributed by atoms with E-state index in [2.05, 4.69) is 5.32 Å². The van der Waals surface area contributed by atoms with Gasteiger partial charge < -0.3 is 5.32 Å². The van der Waals surface area contributed by atoms with Crippen LogP contribution < -0.4 is 5.32 Å². The zero-order chi connectivity index (χ0) is 15.3. The molecule has 0 atom stereocenters. The molecule has 1 aromatic rings. The van der Waals surface area contributed by atoms with Crippen molar-refractivity contribution in [3.63, 3.8) is 0 Å². The van der Waals surface area contributed by atoms with Gasteiger partial charge in [0.25, 0.3) is 0 Å². The summed E-state index contributed by atoms with van der Waals surface area (Å²) in [6.45, 7) is 1.46. The average Bonchev–Trinajstić information content (AvgIpc) is 2.40. The van der Waals surface area contributed by atoms with E-state index in [0.29, 0.717) is 25.2 Å². The Bertz CT molecular complexity index is 567. The van der Waals surface area contributed by atoms with Gasteiger partial charge in [-0.3, -0.25) is 0 Å². The minimum atomic E-state index is -3.62. The van der Waals surface area contributed by atoms with Crippen LogP contribution in [0, 0.1) is 5.82 Å². The molecule has 1 aliphatic rings. The van der Waals surface area contributed by atoms with Crippen molar-refractivity contribution in [3.05, 3.63) is 29.6 Å². The van der Waals surface area contributed by atoms with E-state index in [0.717, 1.165) is 31.7 Å². The largest absolute Gasteiger partial charge is 0.316 e. The van der Waals surface area contributed by atoms with Crippen LogP contribution in [0.3, 0.4) is 0 Å². The fraction of sp³-hybridized carbons (Fsp3) is 0.600. The van der Waals surface area contributed by atoms with Crippen molar-refractivity contribution in [2.45, 2.75) is 43.5 Å². The maximum Gasteiger partial charge on any atom is 0.243 e. The predicted molar refractivity (Wildman–Crippen MR) is 81.0 cm³/mol. The summed E-state index contributed by atoms with van der Waals surface area (Å²) in [6.07, 6.45) is 5.02. The first-order valence-electron chi connectivity index (χ1n) is 7.49. The highest BCUT2D eigenvalue weighted by Crippen LogP contribution is 2.24. The quantitative estimate of drug-likeness (QED) is 0.929. The van der Waals surface area contributed by atoms with Crippen molar-refractivity contribution in [2.75, 3.05) is 20.1 Å².